The van der Waals surface area contributed by atoms with Gasteiger partial charge in [-0.2, -0.15) is 11.8 Å². The molecule has 0 aromatic rings. The molecule has 1 unspecified atom stereocenters. The summed E-state index contributed by atoms with van der Waals surface area (Å²) >= 11 is 1.57. The maximum Gasteiger partial charge on any atom is 0.222 e. The predicted octanol–water partition coefficient (Wildman–Crippen LogP) is -1.15. The van der Waals surface area contributed by atoms with Crippen molar-refractivity contribution in [2.45, 2.75) is 6.42 Å². The van der Waals surface area contributed by atoms with E-state index in [0.29, 0.717) is 18.8 Å². The number of aliphatic hydroxyl groups excluding tert-OH is 1. The van der Waals surface area contributed by atoms with Crippen LogP contribution in [0.3, 0.4) is 0 Å². The molecule has 17 heavy (non-hydrogen) atoms. The van der Waals surface area contributed by atoms with Crippen LogP contribution in [-0.4, -0.2) is 61.3 Å². The van der Waals surface area contributed by atoms with Crippen LogP contribution in [0.4, 0.5) is 0 Å². The zero-order valence-electron chi connectivity index (χ0n) is 9.54. The third kappa shape index (κ3) is 5.71. The smallest absolute Gasteiger partial charge is 0.222 e. The average Bonchev–Trinajstić information content (AvgIpc) is 2.51. The lowest BCUT2D eigenvalue weighted by molar-refractivity contribution is -0.127. The number of likely N-dealkylation sites (tertiary alicyclic amines) is 1. The number of hydrogen-bond donors (Lipinski definition) is 2. The lowest BCUT2D eigenvalue weighted by Gasteiger charge is -2.15. The molecule has 3 N–H and O–H groups in total. The minimum atomic E-state index is -3.50. The number of carbonyl (C=O) groups is 1. The molecule has 0 aliphatic carbocycles. The summed E-state index contributed by atoms with van der Waals surface area (Å²) in [4.78, 5) is 13.2. The summed E-state index contributed by atoms with van der Waals surface area (Å²) in [6.45, 7) is 1.20. The number of carbonyl (C=O) groups excluding carboxylic acids is 1. The van der Waals surface area contributed by atoms with E-state index >= 15 is 0 Å². The minimum absolute atomic E-state index is 0.0109. The first-order valence-corrected chi connectivity index (χ1v) is 8.26. The number of amides is 1. The van der Waals surface area contributed by atoms with Crippen LogP contribution in [0.15, 0.2) is 0 Å². The Hall–Kier alpha value is -0.310. The molecule has 0 bridgehead atoms. The number of thioether (sulfide) groups is 1. The van der Waals surface area contributed by atoms with Crippen LogP contribution < -0.4 is 5.14 Å². The van der Waals surface area contributed by atoms with E-state index < -0.39 is 10.0 Å². The highest BCUT2D eigenvalue weighted by Crippen LogP contribution is 2.19. The van der Waals surface area contributed by atoms with E-state index in [1.54, 1.807) is 16.7 Å². The molecule has 100 valence electrons. The zero-order valence-corrected chi connectivity index (χ0v) is 11.2. The highest BCUT2D eigenvalue weighted by Gasteiger charge is 2.31. The van der Waals surface area contributed by atoms with Gasteiger partial charge in [-0.15, -0.1) is 0 Å². The van der Waals surface area contributed by atoms with Crippen molar-refractivity contribution in [3.8, 4) is 0 Å². The molecular formula is C9H18N2O4S2. The van der Waals surface area contributed by atoms with Crippen LogP contribution in [0.25, 0.3) is 0 Å². The molecule has 1 heterocycles. The highest BCUT2D eigenvalue weighted by molar-refractivity contribution is 7.99. The van der Waals surface area contributed by atoms with Crippen molar-refractivity contribution in [1.82, 2.24) is 4.90 Å². The number of hydrogen-bond acceptors (Lipinski definition) is 5. The summed E-state index contributed by atoms with van der Waals surface area (Å²) in [5.41, 5.74) is 0. The van der Waals surface area contributed by atoms with Gasteiger partial charge in [0.05, 0.1) is 12.4 Å². The number of sulfonamides is 1. The molecule has 1 fully saturated rings. The summed E-state index contributed by atoms with van der Waals surface area (Å²) in [5.74, 6) is 1.10. The predicted molar refractivity (Wildman–Crippen MR) is 67.1 cm³/mol. The van der Waals surface area contributed by atoms with Crippen molar-refractivity contribution in [2.75, 3.05) is 37.0 Å². The van der Waals surface area contributed by atoms with Crippen LogP contribution in [-0.2, 0) is 14.8 Å². The van der Waals surface area contributed by atoms with E-state index in [1.165, 1.54) is 0 Å². The molecule has 0 saturated carbocycles. The van der Waals surface area contributed by atoms with Crippen LogP contribution >= 0.6 is 11.8 Å². The van der Waals surface area contributed by atoms with Crippen molar-refractivity contribution in [1.29, 1.82) is 0 Å². The fourth-order valence-corrected chi connectivity index (χ4v) is 3.41. The fourth-order valence-electron chi connectivity index (χ4n) is 1.85. The fraction of sp³-hybridized carbons (Fsp3) is 0.889. The molecule has 1 aliphatic heterocycles. The van der Waals surface area contributed by atoms with Crippen molar-refractivity contribution >= 4 is 27.7 Å². The van der Waals surface area contributed by atoms with E-state index in [2.05, 4.69) is 0 Å². The van der Waals surface area contributed by atoms with E-state index in [0.717, 1.165) is 5.75 Å². The maximum absolute atomic E-state index is 11.6. The summed E-state index contributed by atoms with van der Waals surface area (Å²) in [6, 6.07) is 0. The lowest BCUT2D eigenvalue weighted by Crippen LogP contribution is -2.29. The van der Waals surface area contributed by atoms with Gasteiger partial charge < -0.3 is 10.0 Å². The summed E-state index contributed by atoms with van der Waals surface area (Å²) in [6.07, 6.45) is 0.265. The van der Waals surface area contributed by atoms with Gasteiger partial charge in [0, 0.05) is 36.9 Å². The molecule has 0 radical (unpaired) electrons. The monoisotopic (exact) mass is 282 g/mol. The van der Waals surface area contributed by atoms with Crippen LogP contribution in [0, 0.1) is 5.92 Å². The van der Waals surface area contributed by atoms with E-state index in [-0.39, 0.29) is 30.6 Å². The number of nitrogens with zero attached hydrogens (tertiary/aromatic N) is 1. The molecule has 1 atom stereocenters. The second-order valence-corrected chi connectivity index (χ2v) is 6.96. The highest BCUT2D eigenvalue weighted by atomic mass is 32.2. The molecule has 6 nitrogen and oxygen atoms in total. The minimum Gasteiger partial charge on any atom is -0.396 e. The van der Waals surface area contributed by atoms with Crippen LogP contribution in [0.5, 0.6) is 0 Å². The Morgan fingerprint density at radius 1 is 1.47 bits per heavy atom. The summed E-state index contributed by atoms with van der Waals surface area (Å²) in [5, 5.41) is 13.6. The summed E-state index contributed by atoms with van der Waals surface area (Å²) in [7, 11) is -3.50. The molecule has 0 aromatic carbocycles. The average molecular weight is 282 g/mol. The van der Waals surface area contributed by atoms with Gasteiger partial charge >= 0.3 is 0 Å². The van der Waals surface area contributed by atoms with Gasteiger partial charge in [-0.05, 0) is 0 Å². The molecular weight excluding hydrogens is 264 g/mol. The van der Waals surface area contributed by atoms with E-state index in [4.69, 9.17) is 10.2 Å². The first-order valence-electron chi connectivity index (χ1n) is 5.39. The first-order chi connectivity index (χ1) is 7.92. The third-order valence-corrected chi connectivity index (χ3v) is 4.38. The largest absolute Gasteiger partial charge is 0.396 e. The normalized spacial score (nSPS) is 21.2. The molecule has 0 spiro atoms. The van der Waals surface area contributed by atoms with Crippen molar-refractivity contribution in [3.05, 3.63) is 0 Å². The Labute approximate surface area is 106 Å². The van der Waals surface area contributed by atoms with Crippen molar-refractivity contribution in [3.63, 3.8) is 0 Å². The SMILES string of the molecule is NS(=O)(=O)CC1CC(=O)N(CCSCCO)C1. The van der Waals surface area contributed by atoms with Gasteiger partial charge in [-0.1, -0.05) is 0 Å². The topological polar surface area (TPSA) is 101 Å². The quantitative estimate of drug-likeness (QED) is 0.574. The maximum atomic E-state index is 11.6. The van der Waals surface area contributed by atoms with Crippen molar-refractivity contribution in [2.24, 2.45) is 11.1 Å². The van der Waals surface area contributed by atoms with Crippen LogP contribution in [0.2, 0.25) is 0 Å². The molecule has 1 rings (SSSR count). The number of primary sulfonamides is 1. The van der Waals surface area contributed by atoms with Gasteiger partial charge in [-0.3, -0.25) is 4.79 Å². The number of rotatable bonds is 7. The Morgan fingerprint density at radius 2 is 2.18 bits per heavy atom. The Morgan fingerprint density at radius 3 is 2.76 bits per heavy atom. The van der Waals surface area contributed by atoms with E-state index in [9.17, 15) is 13.2 Å². The molecule has 0 aromatic heterocycles. The Balaban J connectivity index is 2.32. The number of nitrogens with two attached hydrogens (primary N) is 1. The second-order valence-electron chi connectivity index (χ2n) is 4.08. The number of aliphatic hydroxyl groups is 1. The van der Waals surface area contributed by atoms with Gasteiger partial charge in [0.1, 0.15) is 0 Å². The molecule has 1 saturated heterocycles. The Kier molecular flexibility index (Phi) is 5.71. The van der Waals surface area contributed by atoms with Crippen molar-refractivity contribution < 1.29 is 18.3 Å². The van der Waals surface area contributed by atoms with Gasteiger partial charge in [0.25, 0.3) is 0 Å². The summed E-state index contributed by atoms with van der Waals surface area (Å²) < 4.78 is 21.8. The van der Waals surface area contributed by atoms with Gasteiger partial charge in [0.2, 0.25) is 15.9 Å². The standard InChI is InChI=1S/C9H18N2O4S2/c10-17(14,15)7-8-5-9(13)11(6-8)1-3-16-4-2-12/h8,12H,1-7H2,(H2,10,14,15). The Bertz CT molecular complexity index is 358. The van der Waals surface area contributed by atoms with Crippen LogP contribution in [0.1, 0.15) is 6.42 Å². The van der Waals surface area contributed by atoms with Gasteiger partial charge in [-0.25, -0.2) is 13.6 Å². The third-order valence-electron chi connectivity index (χ3n) is 2.50. The first kappa shape index (κ1) is 14.7. The zero-order chi connectivity index (χ0) is 12.9. The molecule has 8 heteroatoms. The van der Waals surface area contributed by atoms with E-state index in [1.807, 2.05) is 0 Å². The molecule has 1 aliphatic rings. The lowest BCUT2D eigenvalue weighted by atomic mass is 10.1. The van der Waals surface area contributed by atoms with Gasteiger partial charge in [0.15, 0.2) is 0 Å². The second kappa shape index (κ2) is 6.58. The molecule has 1 amide bonds.